The molecule has 13 heavy (non-hydrogen) atoms. The molecule has 0 fully saturated rings. The third-order valence-corrected chi connectivity index (χ3v) is 1.56. The molecule has 1 aromatic heterocycles. The number of ether oxygens (including phenoxy) is 2. The van der Waals surface area contributed by atoms with Gasteiger partial charge in [-0.05, 0) is 0 Å². The van der Waals surface area contributed by atoms with Gasteiger partial charge in [-0.3, -0.25) is 5.41 Å². The first-order chi connectivity index (χ1) is 6.19. The summed E-state index contributed by atoms with van der Waals surface area (Å²) in [5, 5.41) is 7.27. The molecule has 0 aromatic carbocycles. The predicted octanol–water partition coefficient (Wildman–Crippen LogP) is 0.383. The summed E-state index contributed by atoms with van der Waals surface area (Å²) >= 11 is 0. The van der Waals surface area contributed by atoms with Crippen LogP contribution < -0.4 is 15.2 Å². The molecule has 0 saturated carbocycles. The fourth-order valence-corrected chi connectivity index (χ4v) is 0.908. The van der Waals surface area contributed by atoms with Crippen LogP contribution >= 0.6 is 0 Å². The minimum absolute atomic E-state index is 0.0717. The number of aromatic nitrogens is 1. The molecule has 0 saturated heterocycles. The van der Waals surface area contributed by atoms with Gasteiger partial charge >= 0.3 is 0 Å². The molecule has 0 aliphatic heterocycles. The van der Waals surface area contributed by atoms with Gasteiger partial charge in [-0.15, -0.1) is 0 Å². The molecule has 1 rings (SSSR count). The average Bonchev–Trinajstić information content (AvgIpc) is 2.16. The third kappa shape index (κ3) is 1.87. The lowest BCUT2D eigenvalue weighted by Gasteiger charge is -2.07. The van der Waals surface area contributed by atoms with Crippen LogP contribution in [-0.4, -0.2) is 25.0 Å². The van der Waals surface area contributed by atoms with Crippen molar-refractivity contribution < 1.29 is 9.47 Å². The van der Waals surface area contributed by atoms with Crippen LogP contribution in [0.3, 0.4) is 0 Å². The van der Waals surface area contributed by atoms with Gasteiger partial charge in [0.05, 0.1) is 26.0 Å². The monoisotopic (exact) mass is 181 g/mol. The molecule has 0 aliphatic carbocycles. The summed E-state index contributed by atoms with van der Waals surface area (Å²) in [6.45, 7) is 0. The smallest absolute Gasteiger partial charge is 0.213 e. The molecule has 0 radical (unpaired) electrons. The van der Waals surface area contributed by atoms with E-state index in [-0.39, 0.29) is 5.84 Å². The lowest BCUT2D eigenvalue weighted by molar-refractivity contribution is 0.387. The van der Waals surface area contributed by atoms with Gasteiger partial charge in [-0.25, -0.2) is 4.98 Å². The first-order valence-electron chi connectivity index (χ1n) is 3.61. The zero-order valence-corrected chi connectivity index (χ0v) is 7.50. The lowest BCUT2D eigenvalue weighted by Crippen LogP contribution is -2.13. The Bertz CT molecular complexity index is 325. The molecule has 0 aliphatic rings. The zero-order valence-electron chi connectivity index (χ0n) is 7.50. The van der Waals surface area contributed by atoms with E-state index in [0.29, 0.717) is 17.2 Å². The Morgan fingerprint density at radius 1 is 1.46 bits per heavy atom. The van der Waals surface area contributed by atoms with E-state index in [1.807, 2.05) is 0 Å². The number of rotatable bonds is 3. The Morgan fingerprint density at radius 2 is 2.15 bits per heavy atom. The molecule has 5 nitrogen and oxygen atoms in total. The second kappa shape index (κ2) is 3.75. The van der Waals surface area contributed by atoms with E-state index in [4.69, 9.17) is 20.6 Å². The minimum Gasteiger partial charge on any atom is -0.494 e. The number of nitrogens with one attached hydrogen (secondary N) is 1. The van der Waals surface area contributed by atoms with E-state index in [1.165, 1.54) is 20.4 Å². The second-order valence-corrected chi connectivity index (χ2v) is 2.34. The summed E-state index contributed by atoms with van der Waals surface area (Å²) in [5.41, 5.74) is 5.81. The van der Waals surface area contributed by atoms with Gasteiger partial charge in [-0.2, -0.15) is 0 Å². The highest BCUT2D eigenvalue weighted by atomic mass is 16.5. The Labute approximate surface area is 76.0 Å². The van der Waals surface area contributed by atoms with Crippen LogP contribution in [0, 0.1) is 5.41 Å². The maximum Gasteiger partial charge on any atom is 0.213 e. The highest BCUT2D eigenvalue weighted by molar-refractivity contribution is 5.97. The van der Waals surface area contributed by atoms with E-state index in [1.54, 1.807) is 6.07 Å². The van der Waals surface area contributed by atoms with Crippen LogP contribution in [0.4, 0.5) is 0 Å². The van der Waals surface area contributed by atoms with Gasteiger partial charge in [0.2, 0.25) is 5.88 Å². The summed E-state index contributed by atoms with van der Waals surface area (Å²) in [6.07, 6.45) is 1.47. The number of nitrogen functional groups attached to an aromatic ring is 1. The maximum absolute atomic E-state index is 7.27. The summed E-state index contributed by atoms with van der Waals surface area (Å²) in [5.74, 6) is 0.803. The van der Waals surface area contributed by atoms with Crippen LogP contribution in [0.1, 0.15) is 5.56 Å². The fourth-order valence-electron chi connectivity index (χ4n) is 0.908. The highest BCUT2D eigenvalue weighted by Gasteiger charge is 2.07. The van der Waals surface area contributed by atoms with E-state index < -0.39 is 0 Å². The number of hydrogen-bond acceptors (Lipinski definition) is 4. The van der Waals surface area contributed by atoms with Crippen LogP contribution in [0.5, 0.6) is 11.6 Å². The van der Waals surface area contributed by atoms with Crippen molar-refractivity contribution in [3.63, 3.8) is 0 Å². The predicted molar refractivity (Wildman–Crippen MR) is 48.4 cm³/mol. The van der Waals surface area contributed by atoms with Crippen molar-refractivity contribution in [3.05, 3.63) is 17.8 Å². The summed E-state index contributed by atoms with van der Waals surface area (Å²) in [6, 6.07) is 1.56. The molecule has 70 valence electrons. The van der Waals surface area contributed by atoms with Crippen molar-refractivity contribution >= 4 is 5.84 Å². The third-order valence-electron chi connectivity index (χ3n) is 1.56. The normalized spacial score (nSPS) is 9.38. The molecule has 0 amide bonds. The molecule has 0 bridgehead atoms. The van der Waals surface area contributed by atoms with E-state index in [2.05, 4.69) is 4.98 Å². The Kier molecular flexibility index (Phi) is 2.69. The number of hydrogen-bond donors (Lipinski definition) is 2. The van der Waals surface area contributed by atoms with Gasteiger partial charge in [0.1, 0.15) is 11.6 Å². The molecule has 5 heteroatoms. The first kappa shape index (κ1) is 9.31. The van der Waals surface area contributed by atoms with Crippen molar-refractivity contribution in [2.75, 3.05) is 14.2 Å². The molecule has 0 unspecified atom stereocenters. The average molecular weight is 181 g/mol. The minimum atomic E-state index is -0.0717. The van der Waals surface area contributed by atoms with Crippen molar-refractivity contribution in [1.82, 2.24) is 4.98 Å². The first-order valence-corrected chi connectivity index (χ1v) is 3.61. The van der Waals surface area contributed by atoms with E-state index >= 15 is 0 Å². The number of nitrogens with two attached hydrogens (primary N) is 1. The van der Waals surface area contributed by atoms with Gasteiger partial charge < -0.3 is 15.2 Å². The van der Waals surface area contributed by atoms with Crippen molar-refractivity contribution in [1.29, 1.82) is 5.41 Å². The molecule has 0 spiro atoms. The lowest BCUT2D eigenvalue weighted by atomic mass is 10.2. The molecular weight excluding hydrogens is 170 g/mol. The largest absolute Gasteiger partial charge is 0.494 e. The van der Waals surface area contributed by atoms with Crippen molar-refractivity contribution in [2.45, 2.75) is 0 Å². The number of methoxy groups -OCH3 is 2. The maximum atomic E-state index is 7.27. The van der Waals surface area contributed by atoms with Crippen LogP contribution in [-0.2, 0) is 0 Å². The standard InChI is InChI=1S/C8H11N3O2/c1-12-6-4-11-7(13-2)3-5(6)8(9)10/h3-4H,1-2H3,(H3,9,10). The summed E-state index contributed by atoms with van der Waals surface area (Å²) in [7, 11) is 2.99. The summed E-state index contributed by atoms with van der Waals surface area (Å²) in [4.78, 5) is 3.91. The zero-order chi connectivity index (χ0) is 9.84. The quantitative estimate of drug-likeness (QED) is 0.522. The Balaban J connectivity index is 3.18. The number of amidine groups is 1. The number of nitrogens with zero attached hydrogens (tertiary/aromatic N) is 1. The Morgan fingerprint density at radius 3 is 2.62 bits per heavy atom. The SMILES string of the molecule is COc1cc(C(=N)N)c(OC)cn1. The van der Waals surface area contributed by atoms with Gasteiger partial charge in [0.15, 0.2) is 0 Å². The van der Waals surface area contributed by atoms with Gasteiger partial charge in [0, 0.05) is 6.07 Å². The van der Waals surface area contributed by atoms with Crippen LogP contribution in [0.25, 0.3) is 0 Å². The molecule has 0 atom stereocenters. The fraction of sp³-hybridized carbons (Fsp3) is 0.250. The molecule has 1 aromatic rings. The van der Waals surface area contributed by atoms with Crippen molar-refractivity contribution in [3.8, 4) is 11.6 Å². The van der Waals surface area contributed by atoms with Crippen LogP contribution in [0.2, 0.25) is 0 Å². The second-order valence-electron chi connectivity index (χ2n) is 2.34. The van der Waals surface area contributed by atoms with Crippen LogP contribution in [0.15, 0.2) is 12.3 Å². The van der Waals surface area contributed by atoms with Crippen molar-refractivity contribution in [2.24, 2.45) is 5.73 Å². The Hall–Kier alpha value is -1.78. The van der Waals surface area contributed by atoms with Gasteiger partial charge in [-0.1, -0.05) is 0 Å². The van der Waals surface area contributed by atoms with E-state index in [9.17, 15) is 0 Å². The molecule has 1 heterocycles. The number of pyridine rings is 1. The van der Waals surface area contributed by atoms with Gasteiger partial charge in [0.25, 0.3) is 0 Å². The molecular formula is C8H11N3O2. The highest BCUT2D eigenvalue weighted by Crippen LogP contribution is 2.20. The topological polar surface area (TPSA) is 81.2 Å². The summed E-state index contributed by atoms with van der Waals surface area (Å²) < 4.78 is 9.85. The molecule has 3 N–H and O–H groups in total. The van der Waals surface area contributed by atoms with E-state index in [0.717, 1.165) is 0 Å².